The molecule has 37 heavy (non-hydrogen) atoms. The Hall–Kier alpha value is -2.97. The summed E-state index contributed by atoms with van der Waals surface area (Å²) in [4.78, 5) is 31.7. The highest BCUT2D eigenvalue weighted by molar-refractivity contribution is 6.01. The van der Waals surface area contributed by atoms with E-state index in [1.165, 1.54) is 0 Å². The fourth-order valence-electron chi connectivity index (χ4n) is 7.25. The topological polar surface area (TPSA) is 109 Å². The Labute approximate surface area is 216 Å². The number of hydrogen-bond acceptors (Lipinski definition) is 5. The van der Waals surface area contributed by atoms with Crippen molar-refractivity contribution in [1.82, 2.24) is 10.1 Å². The number of fused-ring (bicyclic) bond motifs is 3. The number of rotatable bonds is 6. The molecule has 2 amide bonds. The Balaban J connectivity index is 1.24. The van der Waals surface area contributed by atoms with Crippen LogP contribution in [0.4, 0.5) is 20.6 Å². The summed E-state index contributed by atoms with van der Waals surface area (Å²) in [6.45, 7) is 6.76. The Bertz CT molecular complexity index is 1220. The Morgan fingerprint density at radius 1 is 1.11 bits per heavy atom. The molecule has 1 aromatic carbocycles. The Kier molecular flexibility index (Phi) is 5.12. The van der Waals surface area contributed by atoms with E-state index in [0.717, 1.165) is 44.3 Å². The molecule has 0 unspecified atom stereocenters. The van der Waals surface area contributed by atoms with E-state index in [2.05, 4.69) is 31.2 Å². The van der Waals surface area contributed by atoms with Gasteiger partial charge in [0.05, 0.1) is 5.41 Å². The smallest absolute Gasteiger partial charge is 0.409 e. The van der Waals surface area contributed by atoms with Crippen molar-refractivity contribution in [3.05, 3.63) is 36.0 Å². The summed E-state index contributed by atoms with van der Waals surface area (Å²) in [5.74, 6) is 1.45. The van der Waals surface area contributed by atoms with Gasteiger partial charge in [0, 0.05) is 28.7 Å². The van der Waals surface area contributed by atoms with E-state index in [-0.39, 0.29) is 22.2 Å². The molecule has 0 radical (unpaired) electrons. The number of halogens is 1. The molecule has 8 rings (SSSR count). The molecule has 2 aromatic rings. The van der Waals surface area contributed by atoms with Crippen LogP contribution < -0.4 is 10.2 Å². The van der Waals surface area contributed by atoms with Crippen LogP contribution >= 0.6 is 0 Å². The molecule has 1 aromatic heterocycles. The largest absolute Gasteiger partial charge is 0.465 e. The first-order valence-electron chi connectivity index (χ1n) is 13.3. The maximum atomic E-state index is 14.4. The predicted octanol–water partition coefficient (Wildman–Crippen LogP) is 5.97. The van der Waals surface area contributed by atoms with E-state index in [1.807, 2.05) is 11.0 Å². The predicted molar refractivity (Wildman–Crippen MR) is 135 cm³/mol. The second-order valence-corrected chi connectivity index (χ2v) is 13.3. The summed E-state index contributed by atoms with van der Waals surface area (Å²) >= 11 is 0. The van der Waals surface area contributed by atoms with E-state index >= 15 is 0 Å². The van der Waals surface area contributed by atoms with Crippen molar-refractivity contribution in [3.63, 3.8) is 0 Å². The van der Waals surface area contributed by atoms with Gasteiger partial charge in [-0.1, -0.05) is 32.0 Å². The van der Waals surface area contributed by atoms with Crippen molar-refractivity contribution in [2.75, 3.05) is 16.8 Å². The number of carboxylic acid groups (broad SMARTS) is 1. The second-order valence-electron chi connectivity index (χ2n) is 13.3. The lowest BCUT2D eigenvalue weighted by molar-refractivity contribution is -0.211. The number of nitrogens with one attached hydrogen (secondary N) is 1. The van der Waals surface area contributed by atoms with E-state index in [9.17, 15) is 19.1 Å². The third kappa shape index (κ3) is 3.92. The fraction of sp³-hybridized carbons (Fsp3) is 0.643. The van der Waals surface area contributed by atoms with Crippen molar-refractivity contribution in [3.8, 4) is 0 Å². The molecule has 6 aliphatic carbocycles. The lowest BCUT2D eigenvalue weighted by Gasteiger charge is -2.65. The lowest BCUT2D eigenvalue weighted by Crippen LogP contribution is -2.71. The SMILES string of the molecule is CC(C)(C)c1nc(C23CCC(CN(C(=O)C45CC(F)(C4)C5)c4cccc(NC(=O)O)c4)(CC2)CC3)no1. The molecule has 2 N–H and O–H groups in total. The second kappa shape index (κ2) is 7.77. The zero-order chi connectivity index (χ0) is 26.3. The molecule has 9 heteroatoms. The van der Waals surface area contributed by atoms with Crippen LogP contribution in [-0.2, 0) is 15.6 Å². The molecule has 1 heterocycles. The summed E-state index contributed by atoms with van der Waals surface area (Å²) in [7, 11) is 0. The standard InChI is InChI=1S/C28H35FN4O4/c1-24(2,3)21-31-20(32-37-21)26-10-7-25(8-11-26,9-12-26)17-33(22(34)27-14-28(29,15-27)16-27)19-6-4-5-18(13-19)30-23(35)36/h4-6,13,30H,7-12,14-17H2,1-3H3,(H,35,36). The maximum Gasteiger partial charge on any atom is 0.409 e. The Morgan fingerprint density at radius 2 is 1.76 bits per heavy atom. The molecule has 0 saturated heterocycles. The third-order valence-electron chi connectivity index (χ3n) is 9.51. The van der Waals surface area contributed by atoms with Gasteiger partial charge in [-0.2, -0.15) is 4.98 Å². The highest BCUT2D eigenvalue weighted by Crippen LogP contribution is 2.70. The number of alkyl halides is 1. The van der Waals surface area contributed by atoms with E-state index in [0.29, 0.717) is 43.1 Å². The van der Waals surface area contributed by atoms with Crippen molar-refractivity contribution in [1.29, 1.82) is 0 Å². The number of nitrogens with zero attached hydrogens (tertiary/aromatic N) is 3. The minimum Gasteiger partial charge on any atom is -0.465 e. The number of benzene rings is 1. The number of hydrogen-bond donors (Lipinski definition) is 2. The van der Waals surface area contributed by atoms with Gasteiger partial charge in [0.1, 0.15) is 5.67 Å². The molecule has 6 saturated carbocycles. The normalized spacial score (nSPS) is 33.8. The van der Waals surface area contributed by atoms with Crippen molar-refractivity contribution < 1.29 is 23.6 Å². The zero-order valence-corrected chi connectivity index (χ0v) is 21.8. The molecule has 0 atom stereocenters. The molecule has 8 nitrogen and oxygen atoms in total. The van der Waals surface area contributed by atoms with Crippen molar-refractivity contribution in [2.45, 2.75) is 95.1 Å². The summed E-state index contributed by atoms with van der Waals surface area (Å²) in [6, 6.07) is 6.99. The van der Waals surface area contributed by atoms with Crippen LogP contribution in [0.25, 0.3) is 0 Å². The summed E-state index contributed by atoms with van der Waals surface area (Å²) < 4.78 is 20.0. The Morgan fingerprint density at radius 3 is 2.30 bits per heavy atom. The van der Waals surface area contributed by atoms with Crippen LogP contribution in [0.15, 0.2) is 28.8 Å². The van der Waals surface area contributed by atoms with Crippen LogP contribution in [-0.4, -0.2) is 39.5 Å². The highest BCUT2D eigenvalue weighted by atomic mass is 19.1. The quantitative estimate of drug-likeness (QED) is 0.495. The van der Waals surface area contributed by atoms with Gasteiger partial charge >= 0.3 is 6.09 Å². The average Bonchev–Trinajstić information content (AvgIpc) is 3.33. The average molecular weight is 511 g/mol. The fourth-order valence-corrected chi connectivity index (χ4v) is 7.25. The lowest BCUT2D eigenvalue weighted by atomic mass is 9.41. The molecule has 6 fully saturated rings. The number of anilines is 2. The first-order valence-corrected chi connectivity index (χ1v) is 13.3. The van der Waals surface area contributed by atoms with Crippen LogP contribution in [0.2, 0.25) is 0 Å². The number of amides is 2. The van der Waals surface area contributed by atoms with Gasteiger partial charge in [-0.3, -0.25) is 10.1 Å². The molecular weight excluding hydrogens is 475 g/mol. The first-order chi connectivity index (χ1) is 17.4. The van der Waals surface area contributed by atoms with Crippen LogP contribution in [0.3, 0.4) is 0 Å². The van der Waals surface area contributed by atoms with Crippen LogP contribution in [0, 0.1) is 10.8 Å². The summed E-state index contributed by atoms with van der Waals surface area (Å²) in [5, 5.41) is 16.0. The van der Waals surface area contributed by atoms with Crippen molar-refractivity contribution >= 4 is 23.4 Å². The monoisotopic (exact) mass is 510 g/mol. The number of carbonyl (C=O) groups is 2. The van der Waals surface area contributed by atoms with E-state index in [1.54, 1.807) is 18.2 Å². The van der Waals surface area contributed by atoms with E-state index in [4.69, 9.17) is 9.51 Å². The van der Waals surface area contributed by atoms with Gasteiger partial charge in [-0.25, -0.2) is 9.18 Å². The number of aromatic nitrogens is 2. The van der Waals surface area contributed by atoms with Crippen LogP contribution in [0.1, 0.15) is 90.3 Å². The summed E-state index contributed by atoms with van der Waals surface area (Å²) in [5.41, 5.74) is -1.01. The minimum absolute atomic E-state index is 0.0238. The maximum absolute atomic E-state index is 14.4. The third-order valence-corrected chi connectivity index (χ3v) is 9.51. The van der Waals surface area contributed by atoms with Crippen molar-refractivity contribution in [2.24, 2.45) is 10.8 Å². The molecule has 198 valence electrons. The molecular formula is C28H35FN4O4. The van der Waals surface area contributed by atoms with Gasteiger partial charge in [-0.05, 0) is 81.4 Å². The van der Waals surface area contributed by atoms with Crippen LogP contribution in [0.5, 0.6) is 0 Å². The summed E-state index contributed by atoms with van der Waals surface area (Å²) in [6.07, 6.45) is 5.41. The van der Waals surface area contributed by atoms with E-state index < -0.39 is 17.2 Å². The zero-order valence-electron chi connectivity index (χ0n) is 21.8. The highest BCUT2D eigenvalue weighted by Gasteiger charge is 2.73. The molecule has 4 bridgehead atoms. The molecule has 0 aliphatic heterocycles. The van der Waals surface area contributed by atoms with Gasteiger partial charge in [-0.15, -0.1) is 0 Å². The number of carbonyl (C=O) groups excluding carboxylic acids is 1. The molecule has 6 aliphatic rings. The van der Waals surface area contributed by atoms with Gasteiger partial charge < -0.3 is 14.5 Å². The minimum atomic E-state index is -1.17. The van der Waals surface area contributed by atoms with Gasteiger partial charge in [0.2, 0.25) is 11.8 Å². The van der Waals surface area contributed by atoms with Gasteiger partial charge in [0.25, 0.3) is 0 Å². The first kappa shape index (κ1) is 24.4. The van der Waals surface area contributed by atoms with Gasteiger partial charge in [0.15, 0.2) is 5.82 Å². The molecule has 0 spiro atoms.